The van der Waals surface area contributed by atoms with E-state index in [1.54, 1.807) is 0 Å². The molecule has 0 aliphatic carbocycles. The molecule has 1 fully saturated rings. The number of rotatable bonds is 2. The lowest BCUT2D eigenvalue weighted by Crippen LogP contribution is -2.34. The van der Waals surface area contributed by atoms with E-state index in [-0.39, 0.29) is 22.9 Å². The van der Waals surface area contributed by atoms with E-state index < -0.39 is 0 Å². The number of nitrogens with one attached hydrogen (secondary N) is 1. The van der Waals surface area contributed by atoms with Gasteiger partial charge >= 0.3 is 0 Å². The molecule has 1 amide bonds. The van der Waals surface area contributed by atoms with Crippen LogP contribution in [0.2, 0.25) is 5.15 Å². The largest absolute Gasteiger partial charge is 0.384 e. The molecule has 6 heteroatoms. The summed E-state index contributed by atoms with van der Waals surface area (Å²) < 4.78 is 0. The minimum atomic E-state index is -0.136. The number of carbonyl (C=O) groups excluding carboxylic acids is 1. The van der Waals surface area contributed by atoms with Crippen molar-refractivity contribution in [1.82, 2.24) is 10.3 Å². The molecule has 0 saturated carbocycles. The van der Waals surface area contributed by atoms with Gasteiger partial charge in [-0.2, -0.15) is 11.8 Å². The molecule has 1 aromatic rings. The maximum atomic E-state index is 11.8. The third kappa shape index (κ3) is 2.80. The van der Waals surface area contributed by atoms with Crippen molar-refractivity contribution in [2.24, 2.45) is 0 Å². The number of nitrogen functional groups attached to an aromatic ring is 1. The molecule has 4 nitrogen and oxygen atoms in total. The monoisotopic (exact) mass is 257 g/mol. The van der Waals surface area contributed by atoms with Crippen LogP contribution < -0.4 is 11.1 Å². The number of hydrogen-bond donors (Lipinski definition) is 2. The summed E-state index contributed by atoms with van der Waals surface area (Å²) in [6.07, 6.45) is 1.02. The first-order valence-corrected chi connectivity index (χ1v) is 6.50. The highest BCUT2D eigenvalue weighted by atomic mass is 35.5. The number of aromatic nitrogens is 1. The number of amides is 1. The second kappa shape index (κ2) is 4.93. The normalized spacial score (nSPS) is 19.7. The van der Waals surface area contributed by atoms with E-state index in [2.05, 4.69) is 10.3 Å². The maximum absolute atomic E-state index is 11.8. The van der Waals surface area contributed by atoms with Gasteiger partial charge in [0, 0.05) is 17.4 Å². The topological polar surface area (TPSA) is 68.0 Å². The van der Waals surface area contributed by atoms with Gasteiger partial charge < -0.3 is 11.1 Å². The molecule has 0 aromatic carbocycles. The first kappa shape index (κ1) is 11.5. The number of thioether (sulfide) groups is 1. The molecular weight excluding hydrogens is 246 g/mol. The Morgan fingerprint density at radius 3 is 3.06 bits per heavy atom. The van der Waals surface area contributed by atoms with Gasteiger partial charge in [0.05, 0.1) is 0 Å². The fourth-order valence-corrected chi connectivity index (χ4v) is 2.93. The van der Waals surface area contributed by atoms with Crippen molar-refractivity contribution < 1.29 is 4.79 Å². The summed E-state index contributed by atoms with van der Waals surface area (Å²) in [4.78, 5) is 15.7. The van der Waals surface area contributed by atoms with E-state index in [0.717, 1.165) is 17.9 Å². The van der Waals surface area contributed by atoms with Gasteiger partial charge in [0.15, 0.2) is 0 Å². The lowest BCUT2D eigenvalue weighted by Gasteiger charge is -2.11. The Morgan fingerprint density at radius 2 is 2.44 bits per heavy atom. The zero-order valence-corrected chi connectivity index (χ0v) is 10.1. The van der Waals surface area contributed by atoms with E-state index >= 15 is 0 Å². The Morgan fingerprint density at radius 1 is 1.62 bits per heavy atom. The first-order valence-electron chi connectivity index (χ1n) is 4.97. The summed E-state index contributed by atoms with van der Waals surface area (Å²) in [7, 11) is 0. The predicted octanol–water partition coefficient (Wildman–Crippen LogP) is 1.55. The van der Waals surface area contributed by atoms with E-state index in [4.69, 9.17) is 17.3 Å². The summed E-state index contributed by atoms with van der Waals surface area (Å²) in [6, 6.07) is 3.31. The first-order chi connectivity index (χ1) is 7.65. The van der Waals surface area contributed by atoms with Crippen LogP contribution in [0.3, 0.4) is 0 Å². The third-order valence-corrected chi connectivity index (χ3v) is 3.70. The van der Waals surface area contributed by atoms with Crippen molar-refractivity contribution in [2.45, 2.75) is 12.5 Å². The summed E-state index contributed by atoms with van der Waals surface area (Å²) in [5.74, 6) is 2.20. The number of anilines is 1. The van der Waals surface area contributed by atoms with Gasteiger partial charge in [-0.25, -0.2) is 4.98 Å². The van der Waals surface area contributed by atoms with Crippen molar-refractivity contribution in [3.63, 3.8) is 0 Å². The van der Waals surface area contributed by atoms with Crippen LogP contribution in [0.5, 0.6) is 0 Å². The summed E-state index contributed by atoms with van der Waals surface area (Å²) in [6.45, 7) is 0. The van der Waals surface area contributed by atoms with Gasteiger partial charge in [-0.3, -0.25) is 4.79 Å². The molecule has 1 aliphatic rings. The lowest BCUT2D eigenvalue weighted by atomic mass is 10.2. The number of nitrogens with zero attached hydrogens (tertiary/aromatic N) is 1. The molecule has 3 N–H and O–H groups in total. The van der Waals surface area contributed by atoms with Crippen LogP contribution in [0, 0.1) is 0 Å². The van der Waals surface area contributed by atoms with Crippen LogP contribution in [-0.4, -0.2) is 28.4 Å². The van der Waals surface area contributed by atoms with Crippen molar-refractivity contribution in [3.8, 4) is 0 Å². The summed E-state index contributed by atoms with van der Waals surface area (Å²) >= 11 is 7.58. The predicted molar refractivity (Wildman–Crippen MR) is 66.9 cm³/mol. The van der Waals surface area contributed by atoms with Gasteiger partial charge in [0.25, 0.3) is 5.91 Å². The summed E-state index contributed by atoms with van der Waals surface area (Å²) in [5.41, 5.74) is 5.99. The molecular formula is C10H12ClN3OS. The average molecular weight is 258 g/mol. The minimum absolute atomic E-state index is 0.136. The van der Waals surface area contributed by atoms with Gasteiger partial charge in [0.2, 0.25) is 0 Å². The molecule has 0 spiro atoms. The van der Waals surface area contributed by atoms with Crippen LogP contribution in [0.1, 0.15) is 16.8 Å². The Bertz CT molecular complexity index is 387. The standard InChI is InChI=1S/C10H12ClN3OS/c11-8-3-6(4-9(12)14-8)10(15)13-7-1-2-16-5-7/h3-4,7H,1-2,5H2,(H2,12,14)(H,13,15). The van der Waals surface area contributed by atoms with Crippen molar-refractivity contribution in [2.75, 3.05) is 17.2 Å². The van der Waals surface area contributed by atoms with E-state index in [9.17, 15) is 4.79 Å². The zero-order chi connectivity index (χ0) is 11.5. The molecule has 2 rings (SSSR count). The molecule has 1 atom stereocenters. The fourth-order valence-electron chi connectivity index (χ4n) is 1.57. The van der Waals surface area contributed by atoms with Crippen molar-refractivity contribution in [3.05, 3.63) is 22.8 Å². The van der Waals surface area contributed by atoms with Crippen LogP contribution in [0.4, 0.5) is 5.82 Å². The Balaban J connectivity index is 2.07. The SMILES string of the molecule is Nc1cc(C(=O)NC2CCSC2)cc(Cl)n1. The molecule has 16 heavy (non-hydrogen) atoms. The smallest absolute Gasteiger partial charge is 0.251 e. The molecule has 0 bridgehead atoms. The summed E-state index contributed by atoms with van der Waals surface area (Å²) in [5, 5.41) is 3.19. The van der Waals surface area contributed by atoms with Gasteiger partial charge in [-0.1, -0.05) is 11.6 Å². The lowest BCUT2D eigenvalue weighted by molar-refractivity contribution is 0.0941. The highest BCUT2D eigenvalue weighted by Gasteiger charge is 2.18. The van der Waals surface area contributed by atoms with Crippen LogP contribution >= 0.6 is 23.4 Å². The highest BCUT2D eigenvalue weighted by Crippen LogP contribution is 2.18. The molecule has 1 saturated heterocycles. The Hall–Kier alpha value is -0.940. The number of hydrogen-bond acceptors (Lipinski definition) is 4. The third-order valence-electron chi connectivity index (χ3n) is 2.34. The van der Waals surface area contributed by atoms with Gasteiger partial charge in [-0.15, -0.1) is 0 Å². The molecule has 0 radical (unpaired) electrons. The molecule has 2 heterocycles. The van der Waals surface area contributed by atoms with Crippen LogP contribution in [0.15, 0.2) is 12.1 Å². The minimum Gasteiger partial charge on any atom is -0.384 e. The Kier molecular flexibility index (Phi) is 3.56. The quantitative estimate of drug-likeness (QED) is 0.789. The molecule has 86 valence electrons. The number of halogens is 1. The number of nitrogens with two attached hydrogens (primary N) is 1. The van der Waals surface area contributed by atoms with Gasteiger partial charge in [0.1, 0.15) is 11.0 Å². The van der Waals surface area contributed by atoms with E-state index in [1.165, 1.54) is 12.1 Å². The fraction of sp³-hybridized carbons (Fsp3) is 0.400. The molecule has 1 aromatic heterocycles. The maximum Gasteiger partial charge on any atom is 0.251 e. The van der Waals surface area contributed by atoms with Crippen LogP contribution in [0.25, 0.3) is 0 Å². The highest BCUT2D eigenvalue weighted by molar-refractivity contribution is 7.99. The van der Waals surface area contributed by atoms with E-state index in [0.29, 0.717) is 5.56 Å². The molecule has 1 unspecified atom stereocenters. The molecule has 1 aliphatic heterocycles. The average Bonchev–Trinajstić information content (AvgIpc) is 2.68. The number of carbonyl (C=O) groups is 1. The van der Waals surface area contributed by atoms with Gasteiger partial charge in [-0.05, 0) is 24.3 Å². The second-order valence-corrected chi connectivity index (χ2v) is 5.17. The zero-order valence-electron chi connectivity index (χ0n) is 8.57. The van der Waals surface area contributed by atoms with Crippen molar-refractivity contribution in [1.29, 1.82) is 0 Å². The second-order valence-electron chi connectivity index (χ2n) is 3.64. The van der Waals surface area contributed by atoms with Crippen molar-refractivity contribution >= 4 is 35.1 Å². The Labute approximate surface area is 103 Å². The number of pyridine rings is 1. The van der Waals surface area contributed by atoms with Crippen LogP contribution in [-0.2, 0) is 0 Å². The van der Waals surface area contributed by atoms with E-state index in [1.807, 2.05) is 11.8 Å².